The lowest BCUT2D eigenvalue weighted by Gasteiger charge is -1.95. The quantitative estimate of drug-likeness (QED) is 0.807. The summed E-state index contributed by atoms with van der Waals surface area (Å²) in [4.78, 5) is 10.2. The fourth-order valence-corrected chi connectivity index (χ4v) is 1.10. The second-order valence-corrected chi connectivity index (χ2v) is 2.93. The van der Waals surface area contributed by atoms with Crippen LogP contribution in [0.25, 0.3) is 6.08 Å². The molecule has 68 valence electrons. The van der Waals surface area contributed by atoms with Crippen molar-refractivity contribution in [1.82, 2.24) is 0 Å². The molecular formula is C10H9ClO2. The van der Waals surface area contributed by atoms with E-state index in [1.807, 2.05) is 18.2 Å². The van der Waals surface area contributed by atoms with E-state index in [4.69, 9.17) is 16.7 Å². The Kier molecular flexibility index (Phi) is 3.53. The Labute approximate surface area is 81.5 Å². The van der Waals surface area contributed by atoms with Crippen LogP contribution in [0.2, 0.25) is 5.02 Å². The molecule has 0 radical (unpaired) electrons. The fraction of sp³-hybridized carbons (Fsp3) is 0.100. The minimum absolute atomic E-state index is 0.0191. The maximum atomic E-state index is 10.2. The monoisotopic (exact) mass is 196 g/mol. The summed E-state index contributed by atoms with van der Waals surface area (Å²) >= 11 is 5.84. The zero-order valence-corrected chi connectivity index (χ0v) is 7.66. The van der Waals surface area contributed by atoms with Crippen LogP contribution in [0.3, 0.4) is 0 Å². The first-order valence-electron chi connectivity index (χ1n) is 3.83. The predicted molar refractivity (Wildman–Crippen MR) is 52.7 cm³/mol. The summed E-state index contributed by atoms with van der Waals surface area (Å²) in [6.07, 6.45) is 3.30. The first-order chi connectivity index (χ1) is 6.20. The normalized spacial score (nSPS) is 10.5. The van der Waals surface area contributed by atoms with Crippen LogP contribution in [0.4, 0.5) is 0 Å². The molecule has 0 aromatic heterocycles. The van der Waals surface area contributed by atoms with Gasteiger partial charge in [-0.05, 0) is 11.6 Å². The first-order valence-corrected chi connectivity index (χ1v) is 4.21. The van der Waals surface area contributed by atoms with Gasteiger partial charge in [0.1, 0.15) is 0 Å². The van der Waals surface area contributed by atoms with Gasteiger partial charge in [-0.3, -0.25) is 4.79 Å². The number of aliphatic carboxylic acids is 1. The zero-order valence-electron chi connectivity index (χ0n) is 6.90. The van der Waals surface area contributed by atoms with Gasteiger partial charge in [0.05, 0.1) is 6.42 Å². The summed E-state index contributed by atoms with van der Waals surface area (Å²) in [5.41, 5.74) is 0.838. The fourth-order valence-electron chi connectivity index (χ4n) is 0.897. The summed E-state index contributed by atoms with van der Waals surface area (Å²) < 4.78 is 0. The molecule has 0 saturated heterocycles. The Balaban J connectivity index is 2.68. The maximum Gasteiger partial charge on any atom is 0.307 e. The van der Waals surface area contributed by atoms with E-state index in [1.165, 1.54) is 0 Å². The Morgan fingerprint density at radius 1 is 1.46 bits per heavy atom. The summed E-state index contributed by atoms with van der Waals surface area (Å²) in [5.74, 6) is -0.844. The Bertz CT molecular complexity index is 331. The van der Waals surface area contributed by atoms with Crippen molar-refractivity contribution >= 4 is 23.6 Å². The Morgan fingerprint density at radius 2 is 2.15 bits per heavy atom. The van der Waals surface area contributed by atoms with Crippen LogP contribution in [0.1, 0.15) is 12.0 Å². The van der Waals surface area contributed by atoms with Gasteiger partial charge in [0.15, 0.2) is 0 Å². The number of carbonyl (C=O) groups is 1. The number of halogens is 1. The van der Waals surface area contributed by atoms with Crippen LogP contribution in [-0.2, 0) is 4.79 Å². The molecule has 3 heteroatoms. The van der Waals surface area contributed by atoms with Crippen molar-refractivity contribution in [2.45, 2.75) is 6.42 Å². The maximum absolute atomic E-state index is 10.2. The van der Waals surface area contributed by atoms with Crippen molar-refractivity contribution in [2.24, 2.45) is 0 Å². The summed E-state index contributed by atoms with van der Waals surface area (Å²) in [5, 5.41) is 9.01. The molecule has 0 atom stereocenters. The van der Waals surface area contributed by atoms with E-state index in [-0.39, 0.29) is 6.42 Å². The highest BCUT2D eigenvalue weighted by Gasteiger charge is 1.94. The minimum atomic E-state index is -0.844. The van der Waals surface area contributed by atoms with Crippen molar-refractivity contribution < 1.29 is 9.90 Å². The lowest BCUT2D eigenvalue weighted by molar-refractivity contribution is -0.135. The van der Waals surface area contributed by atoms with Crippen molar-refractivity contribution in [1.29, 1.82) is 0 Å². The highest BCUT2D eigenvalue weighted by atomic mass is 35.5. The van der Waals surface area contributed by atoms with Gasteiger partial charge in [-0.1, -0.05) is 42.0 Å². The van der Waals surface area contributed by atoms with Gasteiger partial charge < -0.3 is 5.11 Å². The smallest absolute Gasteiger partial charge is 0.307 e. The molecule has 0 aliphatic rings. The lowest BCUT2D eigenvalue weighted by Crippen LogP contribution is -1.89. The van der Waals surface area contributed by atoms with Crippen molar-refractivity contribution in [3.8, 4) is 0 Å². The van der Waals surface area contributed by atoms with E-state index < -0.39 is 5.97 Å². The molecule has 1 aromatic carbocycles. The minimum Gasteiger partial charge on any atom is -0.481 e. The van der Waals surface area contributed by atoms with Gasteiger partial charge >= 0.3 is 5.97 Å². The number of rotatable bonds is 3. The lowest BCUT2D eigenvalue weighted by atomic mass is 10.2. The Morgan fingerprint density at radius 3 is 2.77 bits per heavy atom. The molecule has 0 heterocycles. The van der Waals surface area contributed by atoms with Crippen molar-refractivity contribution in [3.63, 3.8) is 0 Å². The van der Waals surface area contributed by atoms with Crippen LogP contribution in [0, 0.1) is 0 Å². The topological polar surface area (TPSA) is 37.3 Å². The van der Waals surface area contributed by atoms with E-state index in [9.17, 15) is 4.79 Å². The van der Waals surface area contributed by atoms with E-state index >= 15 is 0 Å². The highest BCUT2D eigenvalue weighted by molar-refractivity contribution is 6.32. The standard InChI is InChI=1S/C10H9ClO2/c11-9-6-2-1-4-8(9)5-3-7-10(12)13/h1-6H,7H2,(H,12,13)/b5-3+. The van der Waals surface area contributed by atoms with Gasteiger partial charge in [0.2, 0.25) is 0 Å². The number of hydrogen-bond acceptors (Lipinski definition) is 1. The Hall–Kier alpha value is -1.28. The van der Waals surface area contributed by atoms with Gasteiger partial charge in [-0.25, -0.2) is 0 Å². The molecule has 1 rings (SSSR count). The van der Waals surface area contributed by atoms with Crippen LogP contribution in [0.5, 0.6) is 0 Å². The van der Waals surface area contributed by atoms with Gasteiger partial charge in [-0.2, -0.15) is 0 Å². The third kappa shape index (κ3) is 3.30. The van der Waals surface area contributed by atoms with Gasteiger partial charge in [0, 0.05) is 5.02 Å². The zero-order chi connectivity index (χ0) is 9.68. The van der Waals surface area contributed by atoms with Crippen LogP contribution in [-0.4, -0.2) is 11.1 Å². The molecule has 0 aliphatic carbocycles. The molecule has 13 heavy (non-hydrogen) atoms. The average Bonchev–Trinajstić information content (AvgIpc) is 2.08. The molecule has 0 saturated carbocycles. The van der Waals surface area contributed by atoms with Crippen LogP contribution >= 0.6 is 11.6 Å². The average molecular weight is 197 g/mol. The SMILES string of the molecule is O=C(O)C/C=C/c1ccccc1Cl. The second-order valence-electron chi connectivity index (χ2n) is 2.52. The summed E-state index contributed by atoms with van der Waals surface area (Å²) in [7, 11) is 0. The molecule has 0 bridgehead atoms. The van der Waals surface area contributed by atoms with E-state index in [2.05, 4.69) is 0 Å². The van der Waals surface area contributed by atoms with Gasteiger partial charge in [0.25, 0.3) is 0 Å². The molecule has 0 spiro atoms. The molecule has 0 fully saturated rings. The first kappa shape index (κ1) is 9.81. The van der Waals surface area contributed by atoms with E-state index in [0.717, 1.165) is 5.56 Å². The molecule has 0 unspecified atom stereocenters. The number of carboxylic acids is 1. The van der Waals surface area contributed by atoms with E-state index in [1.54, 1.807) is 18.2 Å². The number of carboxylic acid groups (broad SMARTS) is 1. The molecular weight excluding hydrogens is 188 g/mol. The molecule has 0 aliphatic heterocycles. The third-order valence-electron chi connectivity index (χ3n) is 1.50. The van der Waals surface area contributed by atoms with Crippen LogP contribution < -0.4 is 0 Å². The third-order valence-corrected chi connectivity index (χ3v) is 1.84. The van der Waals surface area contributed by atoms with Crippen molar-refractivity contribution in [2.75, 3.05) is 0 Å². The largest absolute Gasteiger partial charge is 0.481 e. The second kappa shape index (κ2) is 4.67. The van der Waals surface area contributed by atoms with Crippen molar-refractivity contribution in [3.05, 3.63) is 40.9 Å². The summed E-state index contributed by atoms with van der Waals surface area (Å²) in [6, 6.07) is 7.28. The van der Waals surface area contributed by atoms with E-state index in [0.29, 0.717) is 5.02 Å². The number of hydrogen-bond donors (Lipinski definition) is 1. The molecule has 0 amide bonds. The van der Waals surface area contributed by atoms with Gasteiger partial charge in [-0.15, -0.1) is 0 Å². The van der Waals surface area contributed by atoms with Crippen LogP contribution in [0.15, 0.2) is 30.3 Å². The predicted octanol–water partition coefficient (Wildman–Crippen LogP) is 2.83. The molecule has 1 N–H and O–H groups in total. The number of benzene rings is 1. The summed E-state index contributed by atoms with van der Waals surface area (Å²) in [6.45, 7) is 0. The highest BCUT2D eigenvalue weighted by Crippen LogP contribution is 2.16. The molecule has 2 nitrogen and oxygen atoms in total. The molecule has 1 aromatic rings.